The first-order chi connectivity index (χ1) is 12.8. The van der Waals surface area contributed by atoms with Crippen molar-refractivity contribution in [2.24, 2.45) is 0 Å². The van der Waals surface area contributed by atoms with Crippen molar-refractivity contribution in [2.75, 3.05) is 0 Å². The average molecular weight is 350 g/mol. The molecule has 1 fully saturated rings. The molecule has 4 rings (SSSR count). The fourth-order valence-corrected chi connectivity index (χ4v) is 2.94. The van der Waals surface area contributed by atoms with Crippen molar-refractivity contribution in [3.63, 3.8) is 0 Å². The van der Waals surface area contributed by atoms with Crippen molar-refractivity contribution in [3.05, 3.63) is 66.2 Å². The lowest BCUT2D eigenvalue weighted by molar-refractivity contribution is -0.121. The summed E-state index contributed by atoms with van der Waals surface area (Å²) in [4.78, 5) is 16.3. The number of pyridine rings is 1. The van der Waals surface area contributed by atoms with Gasteiger partial charge in [0.1, 0.15) is 6.33 Å². The Kier molecular flexibility index (Phi) is 4.63. The molecule has 1 saturated heterocycles. The lowest BCUT2D eigenvalue weighted by atomic mass is 10.1. The van der Waals surface area contributed by atoms with E-state index in [-0.39, 0.29) is 18.1 Å². The Hall–Kier alpha value is -3.17. The van der Waals surface area contributed by atoms with E-state index in [1.807, 2.05) is 36.4 Å². The number of nitrogens with one attached hydrogen (secondary N) is 3. The summed E-state index contributed by atoms with van der Waals surface area (Å²) in [7, 11) is 0. The molecular weight excluding hydrogens is 332 g/mol. The summed E-state index contributed by atoms with van der Waals surface area (Å²) in [6, 6.07) is 11.7. The Bertz CT molecular complexity index is 850. The molecule has 1 aromatic carbocycles. The minimum absolute atomic E-state index is 0.0325. The smallest absolute Gasteiger partial charge is 0.225 e. The Morgan fingerprint density at radius 1 is 1.15 bits per heavy atom. The van der Waals surface area contributed by atoms with Gasteiger partial charge in [-0.3, -0.25) is 9.78 Å². The molecule has 9 nitrogen and oxygen atoms in total. The average Bonchev–Trinajstić information content (AvgIpc) is 3.35. The molecule has 3 heterocycles. The molecule has 1 aliphatic heterocycles. The molecular formula is C17H18N8O. The van der Waals surface area contributed by atoms with Crippen LogP contribution in [0.4, 0.5) is 0 Å². The highest BCUT2D eigenvalue weighted by molar-refractivity contribution is 5.78. The molecule has 0 bridgehead atoms. The molecule has 2 atom stereocenters. The summed E-state index contributed by atoms with van der Waals surface area (Å²) in [5, 5.41) is 14.1. The third kappa shape index (κ3) is 3.73. The number of carbonyl (C=O) groups is 1. The summed E-state index contributed by atoms with van der Waals surface area (Å²) in [6.07, 6.45) is 6.03. The molecule has 9 heteroatoms. The number of benzene rings is 1. The first-order valence-electron chi connectivity index (χ1n) is 8.30. The molecule has 0 aliphatic carbocycles. The van der Waals surface area contributed by atoms with Gasteiger partial charge in [-0.2, -0.15) is 0 Å². The second-order valence-electron chi connectivity index (χ2n) is 6.08. The largest absolute Gasteiger partial charge is 0.339 e. The van der Waals surface area contributed by atoms with Crippen molar-refractivity contribution >= 4 is 5.91 Å². The maximum atomic E-state index is 12.3. The van der Waals surface area contributed by atoms with Gasteiger partial charge in [0.2, 0.25) is 5.91 Å². The summed E-state index contributed by atoms with van der Waals surface area (Å²) < 4.78 is 1.57. The number of nitrogens with zero attached hydrogens (tertiary/aromatic N) is 5. The number of hydrazine groups is 1. The van der Waals surface area contributed by atoms with E-state index in [2.05, 4.69) is 36.7 Å². The molecule has 2 unspecified atom stereocenters. The van der Waals surface area contributed by atoms with E-state index in [1.165, 1.54) is 6.33 Å². The molecule has 26 heavy (non-hydrogen) atoms. The van der Waals surface area contributed by atoms with Gasteiger partial charge in [-0.25, -0.2) is 15.5 Å². The Balaban J connectivity index is 1.30. The summed E-state index contributed by atoms with van der Waals surface area (Å²) in [6.45, 7) is 0. The highest BCUT2D eigenvalue weighted by Crippen LogP contribution is 2.20. The van der Waals surface area contributed by atoms with Crippen LogP contribution in [0.5, 0.6) is 0 Å². The normalized spacial score (nSPS) is 19.4. The number of hydrogen-bond acceptors (Lipinski definition) is 7. The zero-order valence-corrected chi connectivity index (χ0v) is 13.9. The van der Waals surface area contributed by atoms with Gasteiger partial charge in [0.05, 0.1) is 18.3 Å². The Labute approximate surface area is 149 Å². The van der Waals surface area contributed by atoms with Crippen LogP contribution in [0.1, 0.15) is 23.6 Å². The molecule has 0 saturated carbocycles. The number of amides is 1. The predicted octanol–water partition coefficient (Wildman–Crippen LogP) is 0.281. The highest BCUT2D eigenvalue weighted by Gasteiger charge is 2.25. The standard InChI is InChI=1S/C17H18N8O/c26-17(9-12-1-3-14(4-2-12)25-11-19-23-24-25)20-16-10-15(21-22-16)13-5-7-18-8-6-13/h1-8,11,15-16,21-22H,9-10H2,(H,20,26). The van der Waals surface area contributed by atoms with Crippen molar-refractivity contribution < 1.29 is 4.79 Å². The molecule has 2 aromatic heterocycles. The van der Waals surface area contributed by atoms with Gasteiger partial charge in [-0.15, -0.1) is 5.10 Å². The van der Waals surface area contributed by atoms with Crippen LogP contribution in [0.15, 0.2) is 55.1 Å². The number of carbonyl (C=O) groups excluding carboxylic acids is 1. The van der Waals surface area contributed by atoms with E-state index in [0.29, 0.717) is 6.42 Å². The fourth-order valence-electron chi connectivity index (χ4n) is 2.94. The lowest BCUT2D eigenvalue weighted by Crippen LogP contribution is -2.44. The summed E-state index contributed by atoms with van der Waals surface area (Å²) in [5.41, 5.74) is 9.24. The lowest BCUT2D eigenvalue weighted by Gasteiger charge is -2.12. The van der Waals surface area contributed by atoms with Gasteiger partial charge >= 0.3 is 0 Å². The van der Waals surface area contributed by atoms with Gasteiger partial charge in [-0.1, -0.05) is 12.1 Å². The predicted molar refractivity (Wildman–Crippen MR) is 92.7 cm³/mol. The first-order valence-corrected chi connectivity index (χ1v) is 8.30. The van der Waals surface area contributed by atoms with Gasteiger partial charge in [0.25, 0.3) is 0 Å². The maximum Gasteiger partial charge on any atom is 0.225 e. The van der Waals surface area contributed by atoms with Crippen LogP contribution in [0.25, 0.3) is 5.69 Å². The van der Waals surface area contributed by atoms with Crippen molar-refractivity contribution in [1.82, 2.24) is 41.4 Å². The fraction of sp³-hybridized carbons (Fsp3) is 0.235. The van der Waals surface area contributed by atoms with E-state index >= 15 is 0 Å². The minimum atomic E-state index is -0.110. The van der Waals surface area contributed by atoms with Crippen molar-refractivity contribution in [1.29, 1.82) is 0 Å². The zero-order chi connectivity index (χ0) is 17.8. The van der Waals surface area contributed by atoms with Crippen molar-refractivity contribution in [2.45, 2.75) is 25.0 Å². The number of hydrogen-bond donors (Lipinski definition) is 3. The van der Waals surface area contributed by atoms with Crippen LogP contribution in [0.3, 0.4) is 0 Å². The number of aromatic nitrogens is 5. The second kappa shape index (κ2) is 7.38. The monoisotopic (exact) mass is 350 g/mol. The molecule has 3 N–H and O–H groups in total. The third-order valence-corrected chi connectivity index (χ3v) is 4.26. The molecule has 3 aromatic rings. The first kappa shape index (κ1) is 16.3. The van der Waals surface area contributed by atoms with Gasteiger partial charge in [0, 0.05) is 24.9 Å². The van der Waals surface area contributed by atoms with E-state index in [4.69, 9.17) is 0 Å². The molecule has 132 valence electrons. The topological polar surface area (TPSA) is 110 Å². The molecule has 0 radical (unpaired) electrons. The summed E-state index contributed by atoms with van der Waals surface area (Å²) >= 11 is 0. The minimum Gasteiger partial charge on any atom is -0.339 e. The van der Waals surface area contributed by atoms with Crippen LogP contribution >= 0.6 is 0 Å². The van der Waals surface area contributed by atoms with E-state index < -0.39 is 0 Å². The van der Waals surface area contributed by atoms with Crippen LogP contribution in [0, 0.1) is 0 Å². The Morgan fingerprint density at radius 2 is 1.96 bits per heavy atom. The second-order valence-corrected chi connectivity index (χ2v) is 6.08. The third-order valence-electron chi connectivity index (χ3n) is 4.26. The number of rotatable bonds is 5. The zero-order valence-electron chi connectivity index (χ0n) is 13.9. The van der Waals surface area contributed by atoms with Crippen molar-refractivity contribution in [3.8, 4) is 5.69 Å². The highest BCUT2D eigenvalue weighted by atomic mass is 16.1. The van der Waals surface area contributed by atoms with Gasteiger partial charge < -0.3 is 5.32 Å². The molecule has 1 amide bonds. The van der Waals surface area contributed by atoms with Crippen LogP contribution in [-0.2, 0) is 11.2 Å². The quantitative estimate of drug-likeness (QED) is 0.606. The molecule has 0 spiro atoms. The van der Waals surface area contributed by atoms with Crippen LogP contribution in [0.2, 0.25) is 0 Å². The van der Waals surface area contributed by atoms with Gasteiger partial charge in [-0.05, 0) is 45.8 Å². The van der Waals surface area contributed by atoms with E-state index in [1.54, 1.807) is 17.1 Å². The van der Waals surface area contributed by atoms with Crippen LogP contribution in [-0.4, -0.2) is 37.3 Å². The van der Waals surface area contributed by atoms with Gasteiger partial charge in [0.15, 0.2) is 0 Å². The Morgan fingerprint density at radius 3 is 2.69 bits per heavy atom. The SMILES string of the molecule is O=C(Cc1ccc(-n2cnnn2)cc1)NC1CC(c2ccncc2)NN1. The van der Waals surface area contributed by atoms with E-state index in [0.717, 1.165) is 23.2 Å². The van der Waals surface area contributed by atoms with E-state index in [9.17, 15) is 4.79 Å². The maximum absolute atomic E-state index is 12.3. The number of tetrazole rings is 1. The molecule has 1 aliphatic rings. The van der Waals surface area contributed by atoms with Crippen LogP contribution < -0.4 is 16.2 Å². The summed E-state index contributed by atoms with van der Waals surface area (Å²) in [5.74, 6) is -0.0325.